The Bertz CT molecular complexity index is 539. The zero-order valence-electron chi connectivity index (χ0n) is 18.1. The van der Waals surface area contributed by atoms with E-state index in [2.05, 4.69) is 10.6 Å². The molecule has 4 fully saturated rings. The van der Waals surface area contributed by atoms with E-state index in [4.69, 9.17) is 5.73 Å². The Morgan fingerprint density at radius 1 is 1.04 bits per heavy atom. The first-order valence-electron chi connectivity index (χ1n) is 11.1. The molecular formula is C22H40ClN3O2. The van der Waals surface area contributed by atoms with Crippen molar-refractivity contribution in [3.05, 3.63) is 0 Å². The van der Waals surface area contributed by atoms with Crippen molar-refractivity contribution in [1.82, 2.24) is 10.6 Å². The van der Waals surface area contributed by atoms with Crippen LogP contribution in [0.4, 0.5) is 0 Å². The molecule has 0 saturated heterocycles. The Labute approximate surface area is 176 Å². The summed E-state index contributed by atoms with van der Waals surface area (Å²) >= 11 is 0. The smallest absolute Gasteiger partial charge is 0.242 e. The van der Waals surface area contributed by atoms with Gasteiger partial charge in [0.2, 0.25) is 11.8 Å². The van der Waals surface area contributed by atoms with Gasteiger partial charge in [-0.25, -0.2) is 0 Å². The van der Waals surface area contributed by atoms with Crippen LogP contribution in [0.3, 0.4) is 0 Å². The Morgan fingerprint density at radius 3 is 1.89 bits per heavy atom. The van der Waals surface area contributed by atoms with Gasteiger partial charge in [0.05, 0.1) is 0 Å². The molecule has 1 unspecified atom stereocenters. The lowest BCUT2D eigenvalue weighted by Gasteiger charge is -2.55. The number of amides is 2. The fourth-order valence-corrected chi connectivity index (χ4v) is 6.09. The second-order valence-electron chi connectivity index (χ2n) is 10.2. The van der Waals surface area contributed by atoms with Crippen LogP contribution < -0.4 is 16.4 Å². The fourth-order valence-electron chi connectivity index (χ4n) is 6.09. The molecule has 0 aromatic carbocycles. The van der Waals surface area contributed by atoms with Crippen molar-refractivity contribution in [3.8, 4) is 0 Å². The van der Waals surface area contributed by atoms with Crippen LogP contribution >= 0.6 is 12.4 Å². The molecule has 4 saturated carbocycles. The molecule has 162 valence electrons. The number of carbonyl (C=O) groups excluding carboxylic acids is 2. The molecule has 0 spiro atoms. The van der Waals surface area contributed by atoms with E-state index in [9.17, 15) is 9.59 Å². The average molecular weight is 414 g/mol. The SMILES string of the molecule is CCC(N)(CC)CNC(=O)C(NC(=O)C12CC3CC(CC(C3)C1)C2)C(C)C.Cl. The van der Waals surface area contributed by atoms with Crippen molar-refractivity contribution in [2.45, 2.75) is 90.6 Å². The second-order valence-corrected chi connectivity index (χ2v) is 10.2. The van der Waals surface area contributed by atoms with Gasteiger partial charge in [0.15, 0.2) is 0 Å². The van der Waals surface area contributed by atoms with Gasteiger partial charge in [-0.15, -0.1) is 12.4 Å². The Morgan fingerprint density at radius 2 is 1.50 bits per heavy atom. The van der Waals surface area contributed by atoms with E-state index in [0.29, 0.717) is 6.54 Å². The molecule has 0 aliphatic heterocycles. The highest BCUT2D eigenvalue weighted by Crippen LogP contribution is 2.60. The molecule has 0 aromatic heterocycles. The summed E-state index contributed by atoms with van der Waals surface area (Å²) in [6.45, 7) is 8.54. The molecule has 4 rings (SSSR count). The number of rotatable bonds is 8. The van der Waals surface area contributed by atoms with Gasteiger partial charge in [-0.2, -0.15) is 0 Å². The lowest BCUT2D eigenvalue weighted by molar-refractivity contribution is -0.149. The van der Waals surface area contributed by atoms with Crippen molar-refractivity contribution >= 4 is 24.2 Å². The van der Waals surface area contributed by atoms with Gasteiger partial charge >= 0.3 is 0 Å². The molecule has 0 aromatic rings. The predicted octanol–water partition coefficient (Wildman–Crippen LogP) is 3.40. The number of hydrogen-bond donors (Lipinski definition) is 3. The number of hydrogen-bond acceptors (Lipinski definition) is 3. The Kier molecular flexibility index (Phi) is 7.47. The third kappa shape index (κ3) is 4.67. The Balaban J connectivity index is 0.00000280. The van der Waals surface area contributed by atoms with Crippen LogP contribution in [0.5, 0.6) is 0 Å². The standard InChI is InChI=1S/C22H39N3O2.ClH/c1-5-22(23,6-2)13-24-19(26)18(14(3)4)25-20(27)21-10-15-7-16(11-21)9-17(8-15)12-21;/h14-18H,5-13,23H2,1-4H3,(H,24,26)(H,25,27);1H. The molecule has 1 atom stereocenters. The van der Waals surface area contributed by atoms with Crippen molar-refractivity contribution in [1.29, 1.82) is 0 Å². The quantitative estimate of drug-likeness (QED) is 0.570. The van der Waals surface area contributed by atoms with Gasteiger partial charge in [-0.05, 0) is 75.0 Å². The molecular weight excluding hydrogens is 374 g/mol. The molecule has 28 heavy (non-hydrogen) atoms. The van der Waals surface area contributed by atoms with Gasteiger partial charge in [-0.3, -0.25) is 9.59 Å². The largest absolute Gasteiger partial charge is 0.352 e. The fraction of sp³-hybridized carbons (Fsp3) is 0.909. The summed E-state index contributed by atoms with van der Waals surface area (Å²) < 4.78 is 0. The number of carbonyl (C=O) groups is 2. The van der Waals surface area contributed by atoms with Gasteiger partial charge in [0, 0.05) is 17.5 Å². The number of halogens is 1. The van der Waals surface area contributed by atoms with Gasteiger partial charge in [0.1, 0.15) is 6.04 Å². The van der Waals surface area contributed by atoms with Crippen LogP contribution in [0.1, 0.15) is 79.1 Å². The van der Waals surface area contributed by atoms with E-state index < -0.39 is 6.04 Å². The molecule has 2 amide bonds. The van der Waals surface area contributed by atoms with Gasteiger partial charge in [-0.1, -0.05) is 27.7 Å². The van der Waals surface area contributed by atoms with E-state index in [1.807, 2.05) is 27.7 Å². The molecule has 4 bridgehead atoms. The van der Waals surface area contributed by atoms with Crippen molar-refractivity contribution in [2.75, 3.05) is 6.54 Å². The van der Waals surface area contributed by atoms with Crippen molar-refractivity contribution in [3.63, 3.8) is 0 Å². The summed E-state index contributed by atoms with van der Waals surface area (Å²) in [6, 6.07) is -0.483. The summed E-state index contributed by atoms with van der Waals surface area (Å²) in [6.07, 6.45) is 8.64. The van der Waals surface area contributed by atoms with Gasteiger partial charge in [0.25, 0.3) is 0 Å². The van der Waals surface area contributed by atoms with Crippen LogP contribution in [0, 0.1) is 29.1 Å². The molecule has 4 aliphatic rings. The predicted molar refractivity (Wildman–Crippen MR) is 115 cm³/mol. The number of nitrogens with two attached hydrogens (primary N) is 1. The third-order valence-corrected chi connectivity index (χ3v) is 7.78. The van der Waals surface area contributed by atoms with E-state index in [1.54, 1.807) is 0 Å². The average Bonchev–Trinajstić information content (AvgIpc) is 2.62. The highest BCUT2D eigenvalue weighted by molar-refractivity contribution is 5.90. The molecule has 0 radical (unpaired) electrons. The molecule has 4 N–H and O–H groups in total. The Hall–Kier alpha value is -0.810. The minimum Gasteiger partial charge on any atom is -0.352 e. The highest BCUT2D eigenvalue weighted by atomic mass is 35.5. The van der Waals surface area contributed by atoms with Crippen LogP contribution in [-0.2, 0) is 9.59 Å². The highest BCUT2D eigenvalue weighted by Gasteiger charge is 2.55. The van der Waals surface area contributed by atoms with E-state index >= 15 is 0 Å². The van der Waals surface area contributed by atoms with Crippen LogP contribution in [0.2, 0.25) is 0 Å². The summed E-state index contributed by atoms with van der Waals surface area (Å²) in [5, 5.41) is 6.16. The maximum Gasteiger partial charge on any atom is 0.242 e. The lowest BCUT2D eigenvalue weighted by atomic mass is 9.49. The first kappa shape index (κ1) is 23.5. The molecule has 5 nitrogen and oxygen atoms in total. The number of nitrogens with one attached hydrogen (secondary N) is 2. The van der Waals surface area contributed by atoms with Gasteiger partial charge < -0.3 is 16.4 Å². The zero-order chi connectivity index (χ0) is 19.8. The molecule has 6 heteroatoms. The summed E-state index contributed by atoms with van der Waals surface area (Å²) in [5.41, 5.74) is 5.73. The summed E-state index contributed by atoms with van der Waals surface area (Å²) in [7, 11) is 0. The van der Waals surface area contributed by atoms with Crippen molar-refractivity contribution < 1.29 is 9.59 Å². The zero-order valence-corrected chi connectivity index (χ0v) is 18.9. The first-order chi connectivity index (χ1) is 12.7. The van der Waals surface area contributed by atoms with Crippen LogP contribution in [0.15, 0.2) is 0 Å². The monoisotopic (exact) mass is 413 g/mol. The maximum atomic E-state index is 13.3. The van der Waals surface area contributed by atoms with Crippen molar-refractivity contribution in [2.24, 2.45) is 34.8 Å². The van der Waals surface area contributed by atoms with Crippen LogP contribution in [0.25, 0.3) is 0 Å². The summed E-state index contributed by atoms with van der Waals surface area (Å²) in [5.74, 6) is 2.25. The summed E-state index contributed by atoms with van der Waals surface area (Å²) in [4.78, 5) is 26.2. The molecule has 0 heterocycles. The molecule has 4 aliphatic carbocycles. The minimum absolute atomic E-state index is 0. The topological polar surface area (TPSA) is 84.2 Å². The van der Waals surface area contributed by atoms with E-state index in [-0.39, 0.29) is 41.1 Å². The first-order valence-corrected chi connectivity index (χ1v) is 11.1. The van der Waals surface area contributed by atoms with E-state index in [0.717, 1.165) is 49.9 Å². The normalized spacial score (nSPS) is 32.0. The second kappa shape index (κ2) is 8.91. The van der Waals surface area contributed by atoms with E-state index in [1.165, 1.54) is 19.3 Å². The maximum absolute atomic E-state index is 13.3. The minimum atomic E-state index is -0.483. The third-order valence-electron chi connectivity index (χ3n) is 7.78. The lowest BCUT2D eigenvalue weighted by Crippen LogP contribution is -2.59. The van der Waals surface area contributed by atoms with Crippen LogP contribution in [-0.4, -0.2) is 29.9 Å².